The molecule has 27 heavy (non-hydrogen) atoms. The van der Waals surface area contributed by atoms with E-state index >= 15 is 0 Å². The van der Waals surface area contributed by atoms with Gasteiger partial charge in [-0.15, -0.1) is 0 Å². The molecule has 1 aliphatic heterocycles. The van der Waals surface area contributed by atoms with E-state index in [1.165, 1.54) is 45.1 Å². The minimum Gasteiger partial charge on any atom is -0.362 e. The van der Waals surface area contributed by atoms with Crippen LogP contribution in [0.1, 0.15) is 45.4 Å². The monoisotopic (exact) mass is 416 g/mol. The van der Waals surface area contributed by atoms with E-state index in [1.54, 1.807) is 0 Å². The predicted octanol–water partition coefficient (Wildman–Crippen LogP) is 6.11. The molecular weight excluding hydrogens is 391 g/mol. The molecule has 1 aliphatic rings. The summed E-state index contributed by atoms with van der Waals surface area (Å²) in [7, 11) is 2.12. The van der Waals surface area contributed by atoms with Gasteiger partial charge in [-0.3, -0.25) is 0 Å². The number of nitrogens with zero attached hydrogens (tertiary/aromatic N) is 2. The molecule has 11 heteroatoms. The Morgan fingerprint density at radius 2 is 1.37 bits per heavy atom. The van der Waals surface area contributed by atoms with Gasteiger partial charge >= 0.3 is 24.4 Å². The highest BCUT2D eigenvalue weighted by molar-refractivity contribution is 4.92. The van der Waals surface area contributed by atoms with Crippen molar-refractivity contribution in [3.8, 4) is 0 Å². The van der Waals surface area contributed by atoms with Crippen molar-refractivity contribution in [1.82, 2.24) is 9.80 Å². The third kappa shape index (κ3) is 8.08. The number of halogens is 9. The zero-order valence-corrected chi connectivity index (χ0v) is 15.2. The standard InChI is InChI=1S/C12H24N2.C4HF9/c1-3-4-5-6-7-8-9-14-11-10-13(2)12-14;5-1(6)2(7,8)3(9,10)4(11,12)13/h10-11H,3-9,12H2,1-2H3;1H. The highest BCUT2D eigenvalue weighted by atomic mass is 19.4. The third-order valence-electron chi connectivity index (χ3n) is 3.78. The number of hydrogen-bond acceptors (Lipinski definition) is 2. The lowest BCUT2D eigenvalue weighted by atomic mass is 10.1. The van der Waals surface area contributed by atoms with Crippen molar-refractivity contribution in [1.29, 1.82) is 0 Å². The number of unbranched alkanes of at least 4 members (excludes halogenated alkanes) is 5. The lowest BCUT2D eigenvalue weighted by Gasteiger charge is -2.27. The van der Waals surface area contributed by atoms with Crippen LogP contribution in [0.15, 0.2) is 12.4 Å². The normalized spacial score (nSPS) is 15.4. The molecule has 162 valence electrons. The van der Waals surface area contributed by atoms with Crippen molar-refractivity contribution in [2.24, 2.45) is 0 Å². The van der Waals surface area contributed by atoms with Gasteiger partial charge in [0.05, 0.1) is 6.67 Å². The van der Waals surface area contributed by atoms with Crippen molar-refractivity contribution in [3.63, 3.8) is 0 Å². The molecule has 0 N–H and O–H groups in total. The Balaban J connectivity index is 0.000000503. The molecule has 1 rings (SSSR count). The van der Waals surface area contributed by atoms with Crippen LogP contribution >= 0.6 is 0 Å². The van der Waals surface area contributed by atoms with Crippen LogP contribution in [0.3, 0.4) is 0 Å². The fourth-order valence-corrected chi connectivity index (χ4v) is 2.16. The summed E-state index contributed by atoms with van der Waals surface area (Å²) >= 11 is 0. The molecule has 0 fully saturated rings. The van der Waals surface area contributed by atoms with Gasteiger partial charge in [-0.1, -0.05) is 39.0 Å². The maximum atomic E-state index is 11.6. The molecule has 0 saturated carbocycles. The van der Waals surface area contributed by atoms with E-state index in [0.29, 0.717) is 0 Å². The second-order valence-corrected chi connectivity index (χ2v) is 6.27. The molecule has 2 nitrogen and oxygen atoms in total. The lowest BCUT2D eigenvalue weighted by molar-refractivity contribution is -0.375. The maximum absolute atomic E-state index is 11.6. The largest absolute Gasteiger partial charge is 0.460 e. The zero-order valence-electron chi connectivity index (χ0n) is 15.2. The Morgan fingerprint density at radius 1 is 0.852 bits per heavy atom. The summed E-state index contributed by atoms with van der Waals surface area (Å²) < 4.78 is 102. The SMILES string of the molecule is CCCCCCCCN1C=CN(C)C1.FC(F)C(F)(F)C(F)(F)C(F)(F)F. The summed E-state index contributed by atoms with van der Waals surface area (Å²) in [6, 6.07) is 0. The molecule has 0 atom stereocenters. The molecule has 0 spiro atoms. The van der Waals surface area contributed by atoms with E-state index in [9.17, 15) is 39.5 Å². The van der Waals surface area contributed by atoms with Crippen molar-refractivity contribution in [2.45, 2.75) is 69.9 Å². The Kier molecular flexibility index (Phi) is 10.4. The number of hydrogen-bond donors (Lipinski definition) is 0. The highest BCUT2D eigenvalue weighted by Gasteiger charge is 2.76. The first kappa shape index (κ1) is 25.7. The van der Waals surface area contributed by atoms with E-state index < -0.39 is 24.4 Å². The fraction of sp³-hybridized carbons (Fsp3) is 0.875. The van der Waals surface area contributed by atoms with Gasteiger partial charge in [-0.25, -0.2) is 8.78 Å². The van der Waals surface area contributed by atoms with Gasteiger partial charge in [0, 0.05) is 26.0 Å². The smallest absolute Gasteiger partial charge is 0.362 e. The minimum atomic E-state index is -6.73. The Morgan fingerprint density at radius 3 is 1.74 bits per heavy atom. The van der Waals surface area contributed by atoms with Gasteiger partial charge in [-0.2, -0.15) is 30.7 Å². The van der Waals surface area contributed by atoms with Crippen LogP contribution < -0.4 is 0 Å². The Hall–Kier alpha value is -1.29. The zero-order chi connectivity index (χ0) is 21.3. The predicted molar refractivity (Wildman–Crippen MR) is 83.8 cm³/mol. The van der Waals surface area contributed by atoms with Gasteiger partial charge in [0.15, 0.2) is 0 Å². The summed E-state index contributed by atoms with van der Waals surface area (Å²) in [5.41, 5.74) is 0. The van der Waals surface area contributed by atoms with Crippen molar-refractivity contribution >= 4 is 0 Å². The topological polar surface area (TPSA) is 6.48 Å². The quantitative estimate of drug-likeness (QED) is 0.331. The molecule has 1 heterocycles. The van der Waals surface area contributed by atoms with E-state index in [1.807, 2.05) is 0 Å². The molecule has 0 aliphatic carbocycles. The molecule has 0 amide bonds. The molecular formula is C16H25F9N2. The van der Waals surface area contributed by atoms with Crippen LogP contribution in [0.4, 0.5) is 39.5 Å². The van der Waals surface area contributed by atoms with Gasteiger partial charge in [-0.05, 0) is 6.42 Å². The third-order valence-corrected chi connectivity index (χ3v) is 3.78. The van der Waals surface area contributed by atoms with Gasteiger partial charge in [0.1, 0.15) is 0 Å². The second kappa shape index (κ2) is 10.9. The molecule has 0 bridgehead atoms. The molecule has 0 unspecified atom stereocenters. The summed E-state index contributed by atoms with van der Waals surface area (Å²) in [5, 5.41) is 0. The van der Waals surface area contributed by atoms with Crippen LogP contribution in [-0.4, -0.2) is 54.5 Å². The minimum absolute atomic E-state index is 1.08. The van der Waals surface area contributed by atoms with Crippen molar-refractivity contribution < 1.29 is 39.5 Å². The highest BCUT2D eigenvalue weighted by Crippen LogP contribution is 2.48. The molecule has 0 saturated heterocycles. The lowest BCUT2D eigenvalue weighted by Crippen LogP contribution is -2.55. The Labute approximate surface area is 153 Å². The molecule has 0 radical (unpaired) electrons. The maximum Gasteiger partial charge on any atom is 0.460 e. The van der Waals surface area contributed by atoms with E-state index in [-0.39, 0.29) is 0 Å². The van der Waals surface area contributed by atoms with Gasteiger partial charge in [0.25, 0.3) is 0 Å². The van der Waals surface area contributed by atoms with Crippen LogP contribution in [0.5, 0.6) is 0 Å². The molecule has 0 aromatic rings. The summed E-state index contributed by atoms with van der Waals surface area (Å²) in [6.07, 6.45) is 0.912. The van der Waals surface area contributed by atoms with E-state index in [0.717, 1.165) is 6.67 Å². The Bertz CT molecular complexity index is 436. The van der Waals surface area contributed by atoms with Crippen LogP contribution in [0.2, 0.25) is 0 Å². The summed E-state index contributed by atoms with van der Waals surface area (Å²) in [4.78, 5) is 4.61. The van der Waals surface area contributed by atoms with Crippen molar-refractivity contribution in [3.05, 3.63) is 12.4 Å². The van der Waals surface area contributed by atoms with Crippen molar-refractivity contribution in [2.75, 3.05) is 20.3 Å². The van der Waals surface area contributed by atoms with Crippen LogP contribution in [-0.2, 0) is 0 Å². The summed E-state index contributed by atoms with van der Waals surface area (Å²) in [5.74, 6) is -13.1. The van der Waals surface area contributed by atoms with Gasteiger partial charge in [0.2, 0.25) is 0 Å². The first-order valence-electron chi connectivity index (χ1n) is 8.50. The van der Waals surface area contributed by atoms with Gasteiger partial charge < -0.3 is 9.80 Å². The number of rotatable bonds is 9. The first-order chi connectivity index (χ1) is 12.3. The van der Waals surface area contributed by atoms with Crippen LogP contribution in [0, 0.1) is 0 Å². The summed E-state index contributed by atoms with van der Waals surface area (Å²) in [6.45, 7) is 4.58. The number of alkyl halides is 9. The van der Waals surface area contributed by atoms with E-state index in [4.69, 9.17) is 0 Å². The van der Waals surface area contributed by atoms with E-state index in [2.05, 4.69) is 36.2 Å². The van der Waals surface area contributed by atoms with Crippen LogP contribution in [0.25, 0.3) is 0 Å². The average molecular weight is 416 g/mol. The molecule has 0 aromatic carbocycles. The second-order valence-electron chi connectivity index (χ2n) is 6.27. The average Bonchev–Trinajstić information content (AvgIpc) is 2.95. The molecule has 0 aromatic heterocycles. The first-order valence-corrected chi connectivity index (χ1v) is 8.50. The fourth-order valence-electron chi connectivity index (χ4n) is 2.16.